The van der Waals surface area contributed by atoms with E-state index in [0.717, 1.165) is 13.0 Å². The molecule has 1 aromatic rings. The highest BCUT2D eigenvalue weighted by Gasteiger charge is 2.27. The van der Waals surface area contributed by atoms with Crippen LogP contribution in [0.5, 0.6) is 0 Å². The summed E-state index contributed by atoms with van der Waals surface area (Å²) in [4.78, 5) is 4.60. The van der Waals surface area contributed by atoms with Crippen molar-refractivity contribution in [3.05, 3.63) is 29.6 Å². The highest BCUT2D eigenvalue weighted by molar-refractivity contribution is 5.27. The van der Waals surface area contributed by atoms with E-state index in [1.54, 1.807) is 7.11 Å². The Bertz CT molecular complexity index is 354. The molecule has 1 aromatic heterocycles. The molecule has 1 aliphatic carbocycles. The van der Waals surface area contributed by atoms with Crippen molar-refractivity contribution in [1.82, 2.24) is 10.3 Å². The number of ether oxygens (including phenoxy) is 1. The van der Waals surface area contributed by atoms with Crippen molar-refractivity contribution >= 4 is 0 Å². The van der Waals surface area contributed by atoms with Gasteiger partial charge in [0, 0.05) is 37.6 Å². The molecule has 1 heterocycles. The number of hydrogen-bond acceptors (Lipinski definition) is 3. The second kappa shape index (κ2) is 6.12. The maximum atomic E-state index is 5.19. The molecule has 0 bridgehead atoms. The number of fused-ring (bicyclic) bond motifs is 1. The number of pyridine rings is 1. The summed E-state index contributed by atoms with van der Waals surface area (Å²) < 4.78 is 5.19. The topological polar surface area (TPSA) is 34.1 Å². The first-order chi connectivity index (χ1) is 8.36. The summed E-state index contributed by atoms with van der Waals surface area (Å²) in [5, 5.41) is 3.43. The molecule has 2 unspecified atom stereocenters. The maximum Gasteiger partial charge on any atom is 0.0481 e. The van der Waals surface area contributed by atoms with Crippen LogP contribution in [0.3, 0.4) is 0 Å². The Kier molecular flexibility index (Phi) is 4.51. The van der Waals surface area contributed by atoms with Crippen LogP contribution in [-0.2, 0) is 11.2 Å². The zero-order valence-corrected chi connectivity index (χ0v) is 10.8. The smallest absolute Gasteiger partial charge is 0.0481 e. The minimum Gasteiger partial charge on any atom is -0.385 e. The summed E-state index contributed by atoms with van der Waals surface area (Å²) in [6.45, 7) is 0.810. The molecule has 1 N–H and O–H groups in total. The molecular weight excluding hydrogens is 212 g/mol. The van der Waals surface area contributed by atoms with Gasteiger partial charge in [0.05, 0.1) is 0 Å². The van der Waals surface area contributed by atoms with Gasteiger partial charge in [0.15, 0.2) is 0 Å². The van der Waals surface area contributed by atoms with Crippen molar-refractivity contribution in [2.24, 2.45) is 0 Å². The summed E-state index contributed by atoms with van der Waals surface area (Å²) in [5.41, 5.74) is 2.73. The van der Waals surface area contributed by atoms with Crippen molar-refractivity contribution in [2.75, 3.05) is 20.8 Å². The molecule has 2 atom stereocenters. The van der Waals surface area contributed by atoms with E-state index in [2.05, 4.69) is 16.4 Å². The predicted octanol–water partition coefficient (Wildman–Crippen LogP) is 2.13. The van der Waals surface area contributed by atoms with Crippen LogP contribution < -0.4 is 5.32 Å². The lowest BCUT2D eigenvalue weighted by atomic mass is 9.81. The summed E-state index contributed by atoms with van der Waals surface area (Å²) in [6.07, 6.45) is 6.65. The Balaban J connectivity index is 2.15. The molecule has 3 nitrogen and oxygen atoms in total. The number of methoxy groups -OCH3 is 1. The Labute approximate surface area is 104 Å². The molecule has 0 spiro atoms. The van der Waals surface area contributed by atoms with Gasteiger partial charge >= 0.3 is 0 Å². The number of nitrogens with one attached hydrogen (secondary N) is 1. The van der Waals surface area contributed by atoms with E-state index in [1.807, 2.05) is 19.3 Å². The van der Waals surface area contributed by atoms with E-state index in [-0.39, 0.29) is 0 Å². The van der Waals surface area contributed by atoms with Gasteiger partial charge in [-0.2, -0.15) is 0 Å². The molecule has 2 rings (SSSR count). The minimum absolute atomic E-state index is 0.476. The molecule has 0 amide bonds. The highest BCUT2D eigenvalue weighted by Crippen LogP contribution is 2.33. The van der Waals surface area contributed by atoms with Crippen LogP contribution in [0.4, 0.5) is 0 Å². The SMILES string of the molecule is CNC(CCOC)C1CCCc2cccnc21. The largest absolute Gasteiger partial charge is 0.385 e. The molecule has 3 heteroatoms. The van der Waals surface area contributed by atoms with Gasteiger partial charge in [-0.1, -0.05) is 6.07 Å². The lowest BCUT2D eigenvalue weighted by Crippen LogP contribution is -2.35. The molecule has 94 valence electrons. The molecule has 1 aliphatic rings. The van der Waals surface area contributed by atoms with Gasteiger partial charge in [0.2, 0.25) is 0 Å². The van der Waals surface area contributed by atoms with Crippen molar-refractivity contribution in [1.29, 1.82) is 0 Å². The lowest BCUT2D eigenvalue weighted by Gasteiger charge is -2.31. The molecule has 0 saturated carbocycles. The molecule has 0 radical (unpaired) electrons. The maximum absolute atomic E-state index is 5.19. The third kappa shape index (κ3) is 2.85. The van der Waals surface area contributed by atoms with E-state index in [9.17, 15) is 0 Å². The summed E-state index contributed by atoms with van der Waals surface area (Å²) in [6, 6.07) is 4.74. The average Bonchev–Trinajstić information content (AvgIpc) is 2.40. The van der Waals surface area contributed by atoms with Crippen LogP contribution in [0.15, 0.2) is 18.3 Å². The number of hydrogen-bond donors (Lipinski definition) is 1. The standard InChI is InChI=1S/C14H22N2O/c1-15-13(8-10-17-2)12-7-3-5-11-6-4-9-16-14(11)12/h4,6,9,12-13,15H,3,5,7-8,10H2,1-2H3. The van der Waals surface area contributed by atoms with Crippen molar-refractivity contribution < 1.29 is 4.74 Å². The monoisotopic (exact) mass is 234 g/mol. The second-order valence-corrected chi connectivity index (χ2v) is 4.72. The minimum atomic E-state index is 0.476. The molecule has 0 aromatic carbocycles. The zero-order valence-electron chi connectivity index (χ0n) is 10.8. The van der Waals surface area contributed by atoms with Gasteiger partial charge in [-0.05, 0) is 44.4 Å². The van der Waals surface area contributed by atoms with Crippen molar-refractivity contribution in [3.8, 4) is 0 Å². The molecule has 0 aliphatic heterocycles. The summed E-state index contributed by atoms with van der Waals surface area (Å²) in [7, 11) is 3.80. The van der Waals surface area contributed by atoms with Crippen molar-refractivity contribution in [2.45, 2.75) is 37.6 Å². The number of rotatable bonds is 5. The van der Waals surface area contributed by atoms with E-state index in [0.29, 0.717) is 12.0 Å². The second-order valence-electron chi connectivity index (χ2n) is 4.72. The zero-order chi connectivity index (χ0) is 12.1. The van der Waals surface area contributed by atoms with Gasteiger partial charge in [0.1, 0.15) is 0 Å². The van der Waals surface area contributed by atoms with Gasteiger partial charge in [0.25, 0.3) is 0 Å². The Morgan fingerprint density at radius 1 is 1.59 bits per heavy atom. The van der Waals surface area contributed by atoms with Crippen LogP contribution in [-0.4, -0.2) is 31.8 Å². The van der Waals surface area contributed by atoms with Gasteiger partial charge < -0.3 is 10.1 Å². The van der Waals surface area contributed by atoms with Crippen LogP contribution in [0.2, 0.25) is 0 Å². The first-order valence-corrected chi connectivity index (χ1v) is 6.46. The molecule has 0 saturated heterocycles. The fraction of sp³-hybridized carbons (Fsp3) is 0.643. The van der Waals surface area contributed by atoms with Gasteiger partial charge in [-0.3, -0.25) is 4.98 Å². The first-order valence-electron chi connectivity index (χ1n) is 6.46. The van der Waals surface area contributed by atoms with Crippen LogP contribution in [0.1, 0.15) is 36.4 Å². The summed E-state index contributed by atoms with van der Waals surface area (Å²) in [5.74, 6) is 0.542. The quantitative estimate of drug-likeness (QED) is 0.847. The van der Waals surface area contributed by atoms with Crippen LogP contribution >= 0.6 is 0 Å². The third-order valence-electron chi connectivity index (χ3n) is 3.73. The number of aromatic nitrogens is 1. The van der Waals surface area contributed by atoms with E-state index < -0.39 is 0 Å². The van der Waals surface area contributed by atoms with E-state index >= 15 is 0 Å². The average molecular weight is 234 g/mol. The van der Waals surface area contributed by atoms with E-state index in [4.69, 9.17) is 4.74 Å². The first kappa shape index (κ1) is 12.5. The van der Waals surface area contributed by atoms with Gasteiger partial charge in [-0.15, -0.1) is 0 Å². The normalized spacial score (nSPS) is 20.9. The highest BCUT2D eigenvalue weighted by atomic mass is 16.5. The Morgan fingerprint density at radius 3 is 3.24 bits per heavy atom. The molecule has 17 heavy (non-hydrogen) atoms. The molecular formula is C14H22N2O. The number of nitrogens with zero attached hydrogens (tertiary/aromatic N) is 1. The predicted molar refractivity (Wildman–Crippen MR) is 69.3 cm³/mol. The van der Waals surface area contributed by atoms with E-state index in [1.165, 1.54) is 30.5 Å². The van der Waals surface area contributed by atoms with Crippen molar-refractivity contribution in [3.63, 3.8) is 0 Å². The fourth-order valence-corrected chi connectivity index (χ4v) is 2.83. The third-order valence-corrected chi connectivity index (χ3v) is 3.73. The Hall–Kier alpha value is -0.930. The van der Waals surface area contributed by atoms with Crippen LogP contribution in [0.25, 0.3) is 0 Å². The molecule has 0 fully saturated rings. The summed E-state index contributed by atoms with van der Waals surface area (Å²) >= 11 is 0. The van der Waals surface area contributed by atoms with Gasteiger partial charge in [-0.25, -0.2) is 0 Å². The fourth-order valence-electron chi connectivity index (χ4n) is 2.83. The number of likely N-dealkylation sites (N-methyl/N-ethyl adjacent to an activating group) is 1. The van der Waals surface area contributed by atoms with Crippen LogP contribution in [0, 0.1) is 0 Å². The number of aryl methyl sites for hydroxylation is 1. The lowest BCUT2D eigenvalue weighted by molar-refractivity contribution is 0.177. The Morgan fingerprint density at radius 2 is 2.47 bits per heavy atom.